The second kappa shape index (κ2) is 5.94. The number of aryl methyl sites for hydroxylation is 1. The van der Waals surface area contributed by atoms with E-state index in [1.54, 1.807) is 31.0 Å². The molecule has 0 aliphatic carbocycles. The first kappa shape index (κ1) is 14.4. The van der Waals surface area contributed by atoms with Gasteiger partial charge in [0.05, 0.1) is 5.92 Å². The Morgan fingerprint density at radius 2 is 2.15 bits per heavy atom. The van der Waals surface area contributed by atoms with Crippen LogP contribution in [0.2, 0.25) is 0 Å². The summed E-state index contributed by atoms with van der Waals surface area (Å²) in [5.74, 6) is -0.0583. The van der Waals surface area contributed by atoms with Crippen molar-refractivity contribution in [3.05, 3.63) is 29.3 Å². The lowest BCUT2D eigenvalue weighted by Crippen LogP contribution is -2.44. The van der Waals surface area contributed by atoms with Crippen molar-refractivity contribution in [2.75, 3.05) is 20.1 Å². The Morgan fingerprint density at radius 3 is 2.80 bits per heavy atom. The fourth-order valence-corrected chi connectivity index (χ4v) is 2.64. The number of carbonyl (C=O) groups is 2. The standard InChI is InChI=1S/C15H20N2O3/c1-10-8-12(18)5-6-13(10)15(20)17-7-3-4-11(9-17)14(19)16-2/h5-6,8,11,18H,3-4,7,9H2,1-2H3,(H,16,19). The van der Waals surface area contributed by atoms with Gasteiger partial charge in [0.25, 0.3) is 5.91 Å². The van der Waals surface area contributed by atoms with Crippen molar-refractivity contribution in [2.24, 2.45) is 5.92 Å². The van der Waals surface area contributed by atoms with Gasteiger partial charge < -0.3 is 15.3 Å². The largest absolute Gasteiger partial charge is 0.508 e. The molecular weight excluding hydrogens is 256 g/mol. The Kier molecular flexibility index (Phi) is 4.27. The van der Waals surface area contributed by atoms with Crippen molar-refractivity contribution in [1.82, 2.24) is 10.2 Å². The average molecular weight is 276 g/mol. The zero-order chi connectivity index (χ0) is 14.7. The van der Waals surface area contributed by atoms with Crippen LogP contribution in [0.3, 0.4) is 0 Å². The third-order valence-corrected chi connectivity index (χ3v) is 3.77. The van der Waals surface area contributed by atoms with Gasteiger partial charge in [-0.15, -0.1) is 0 Å². The Balaban J connectivity index is 2.14. The number of nitrogens with zero attached hydrogens (tertiary/aromatic N) is 1. The monoisotopic (exact) mass is 276 g/mol. The number of carbonyl (C=O) groups excluding carboxylic acids is 2. The molecule has 1 aliphatic heterocycles. The van der Waals surface area contributed by atoms with Gasteiger partial charge in [-0.1, -0.05) is 0 Å². The van der Waals surface area contributed by atoms with Crippen LogP contribution in [-0.4, -0.2) is 42.0 Å². The van der Waals surface area contributed by atoms with Gasteiger partial charge in [0, 0.05) is 25.7 Å². The van der Waals surface area contributed by atoms with Crippen molar-refractivity contribution in [1.29, 1.82) is 0 Å². The highest BCUT2D eigenvalue weighted by Crippen LogP contribution is 2.22. The van der Waals surface area contributed by atoms with Crippen molar-refractivity contribution in [3.8, 4) is 5.75 Å². The quantitative estimate of drug-likeness (QED) is 0.855. The summed E-state index contributed by atoms with van der Waals surface area (Å²) in [5.41, 5.74) is 1.33. The number of piperidine rings is 1. The number of amides is 2. The molecule has 1 heterocycles. The number of phenolic OH excluding ortho intramolecular Hbond substituents is 1. The molecular formula is C15H20N2O3. The van der Waals surface area contributed by atoms with E-state index in [0.717, 1.165) is 18.4 Å². The maximum atomic E-state index is 12.5. The van der Waals surface area contributed by atoms with Crippen molar-refractivity contribution in [2.45, 2.75) is 19.8 Å². The molecule has 1 aliphatic rings. The second-order valence-electron chi connectivity index (χ2n) is 5.20. The van der Waals surface area contributed by atoms with E-state index in [1.165, 1.54) is 6.07 Å². The average Bonchev–Trinajstić information content (AvgIpc) is 2.46. The molecule has 1 fully saturated rings. The van der Waals surface area contributed by atoms with Crippen molar-refractivity contribution < 1.29 is 14.7 Å². The van der Waals surface area contributed by atoms with E-state index in [1.807, 2.05) is 0 Å². The second-order valence-corrected chi connectivity index (χ2v) is 5.20. The van der Waals surface area contributed by atoms with Crippen LogP contribution in [0.1, 0.15) is 28.8 Å². The number of phenols is 1. The summed E-state index contributed by atoms with van der Waals surface area (Å²) in [5, 5.41) is 12.0. The minimum absolute atomic E-state index is 0.00933. The molecule has 1 saturated heterocycles. The van der Waals surface area contributed by atoms with Crippen LogP contribution in [-0.2, 0) is 4.79 Å². The molecule has 0 saturated carbocycles. The Bertz CT molecular complexity index is 528. The summed E-state index contributed by atoms with van der Waals surface area (Å²) in [6.07, 6.45) is 1.65. The predicted octanol–water partition coefficient (Wildman–Crippen LogP) is 1.30. The number of hydrogen-bond acceptors (Lipinski definition) is 3. The molecule has 0 spiro atoms. The van der Waals surface area contributed by atoms with Crippen LogP contribution >= 0.6 is 0 Å². The Hall–Kier alpha value is -2.04. The van der Waals surface area contributed by atoms with Gasteiger partial charge in [-0.25, -0.2) is 0 Å². The van der Waals surface area contributed by atoms with Gasteiger partial charge in [-0.2, -0.15) is 0 Å². The fourth-order valence-electron chi connectivity index (χ4n) is 2.64. The highest BCUT2D eigenvalue weighted by Gasteiger charge is 2.28. The molecule has 1 atom stereocenters. The zero-order valence-corrected chi connectivity index (χ0v) is 11.8. The zero-order valence-electron chi connectivity index (χ0n) is 11.8. The number of nitrogens with one attached hydrogen (secondary N) is 1. The number of benzene rings is 1. The molecule has 2 amide bonds. The van der Waals surface area contributed by atoms with E-state index < -0.39 is 0 Å². The highest BCUT2D eigenvalue weighted by atomic mass is 16.3. The topological polar surface area (TPSA) is 69.6 Å². The maximum Gasteiger partial charge on any atom is 0.254 e. The molecule has 0 radical (unpaired) electrons. The summed E-state index contributed by atoms with van der Waals surface area (Å²) in [6.45, 7) is 2.93. The first-order valence-electron chi connectivity index (χ1n) is 6.83. The number of rotatable bonds is 2. The highest BCUT2D eigenvalue weighted by molar-refractivity contribution is 5.96. The van der Waals surface area contributed by atoms with Crippen LogP contribution in [0.5, 0.6) is 5.75 Å². The summed E-state index contributed by atoms with van der Waals surface area (Å²) < 4.78 is 0. The van der Waals surface area contributed by atoms with Crippen LogP contribution in [0, 0.1) is 12.8 Å². The maximum absolute atomic E-state index is 12.5. The first-order chi connectivity index (χ1) is 9.52. The lowest BCUT2D eigenvalue weighted by Gasteiger charge is -2.32. The summed E-state index contributed by atoms with van der Waals surface area (Å²) in [6, 6.07) is 4.73. The molecule has 2 rings (SSSR count). The van der Waals surface area contributed by atoms with E-state index in [4.69, 9.17) is 0 Å². The van der Waals surface area contributed by atoms with E-state index >= 15 is 0 Å². The minimum atomic E-state index is -0.130. The van der Waals surface area contributed by atoms with E-state index in [2.05, 4.69) is 5.32 Å². The number of aromatic hydroxyl groups is 1. The number of likely N-dealkylation sites (tertiary alicyclic amines) is 1. The molecule has 2 N–H and O–H groups in total. The van der Waals surface area contributed by atoms with Gasteiger partial charge in [0.15, 0.2) is 0 Å². The molecule has 1 unspecified atom stereocenters. The molecule has 1 aromatic rings. The molecule has 0 aromatic heterocycles. The third-order valence-electron chi connectivity index (χ3n) is 3.77. The van der Waals surface area contributed by atoms with Crippen LogP contribution in [0.4, 0.5) is 0 Å². The van der Waals surface area contributed by atoms with Crippen molar-refractivity contribution >= 4 is 11.8 Å². The van der Waals surface area contributed by atoms with Gasteiger partial charge in [-0.05, 0) is 43.5 Å². The lowest BCUT2D eigenvalue weighted by atomic mass is 9.96. The summed E-state index contributed by atoms with van der Waals surface area (Å²) in [7, 11) is 1.62. The molecule has 108 valence electrons. The molecule has 5 heteroatoms. The molecule has 20 heavy (non-hydrogen) atoms. The van der Waals surface area contributed by atoms with Crippen LogP contribution in [0.25, 0.3) is 0 Å². The fraction of sp³-hybridized carbons (Fsp3) is 0.467. The van der Waals surface area contributed by atoms with Gasteiger partial charge in [0.1, 0.15) is 5.75 Å². The van der Waals surface area contributed by atoms with E-state index in [0.29, 0.717) is 18.7 Å². The SMILES string of the molecule is CNC(=O)C1CCCN(C(=O)c2ccc(O)cc2C)C1. The summed E-state index contributed by atoms with van der Waals surface area (Å²) >= 11 is 0. The normalized spacial score (nSPS) is 18.7. The Labute approximate surface area is 118 Å². The van der Waals surface area contributed by atoms with Gasteiger partial charge >= 0.3 is 0 Å². The molecule has 5 nitrogen and oxygen atoms in total. The number of hydrogen-bond donors (Lipinski definition) is 2. The lowest BCUT2D eigenvalue weighted by molar-refractivity contribution is -0.125. The van der Waals surface area contributed by atoms with Crippen molar-refractivity contribution in [3.63, 3.8) is 0 Å². The minimum Gasteiger partial charge on any atom is -0.508 e. The smallest absolute Gasteiger partial charge is 0.254 e. The molecule has 0 bridgehead atoms. The van der Waals surface area contributed by atoms with Crippen LogP contribution in [0.15, 0.2) is 18.2 Å². The van der Waals surface area contributed by atoms with E-state index in [-0.39, 0.29) is 23.5 Å². The van der Waals surface area contributed by atoms with Crippen LogP contribution < -0.4 is 5.32 Å². The van der Waals surface area contributed by atoms with Gasteiger partial charge in [0.2, 0.25) is 5.91 Å². The third kappa shape index (κ3) is 2.92. The van der Waals surface area contributed by atoms with E-state index in [9.17, 15) is 14.7 Å². The van der Waals surface area contributed by atoms with Gasteiger partial charge in [-0.3, -0.25) is 9.59 Å². The summed E-state index contributed by atoms with van der Waals surface area (Å²) in [4.78, 5) is 25.9. The Morgan fingerprint density at radius 1 is 1.40 bits per heavy atom. The predicted molar refractivity (Wildman–Crippen MR) is 75.5 cm³/mol. The molecule has 1 aromatic carbocycles. The first-order valence-corrected chi connectivity index (χ1v) is 6.83.